The van der Waals surface area contributed by atoms with E-state index in [1.54, 1.807) is 25.2 Å². The summed E-state index contributed by atoms with van der Waals surface area (Å²) in [6, 6.07) is 5.44. The third kappa shape index (κ3) is 6.86. The summed E-state index contributed by atoms with van der Waals surface area (Å²) >= 11 is 0. The summed E-state index contributed by atoms with van der Waals surface area (Å²) in [5.41, 5.74) is 1.08. The lowest BCUT2D eigenvalue weighted by Crippen LogP contribution is -2.40. The van der Waals surface area contributed by atoms with Gasteiger partial charge in [0.25, 0.3) is 0 Å². The predicted octanol–water partition coefficient (Wildman–Crippen LogP) is 4.86. The van der Waals surface area contributed by atoms with Crippen molar-refractivity contribution in [2.75, 3.05) is 27.4 Å². The van der Waals surface area contributed by atoms with Gasteiger partial charge in [0.1, 0.15) is 24.2 Å². The Balaban J connectivity index is 1.76. The quantitative estimate of drug-likeness (QED) is 0.463. The minimum absolute atomic E-state index is 0.0788. The fraction of sp³-hybridized carbons (Fsp3) is 0.565. The Morgan fingerprint density at radius 2 is 1.91 bits per heavy atom. The Hall–Kier alpha value is -2.75. The number of methoxy groups -OCH3 is 2. The molecule has 182 valence electrons. The molecule has 0 unspecified atom stereocenters. The molecule has 0 spiro atoms. The summed E-state index contributed by atoms with van der Waals surface area (Å²) < 4.78 is 59.7. The van der Waals surface area contributed by atoms with Gasteiger partial charge < -0.3 is 18.9 Å². The van der Waals surface area contributed by atoms with Crippen LogP contribution in [0, 0.1) is 17.3 Å². The highest BCUT2D eigenvalue weighted by Crippen LogP contribution is 2.49. The molecule has 2 aromatic rings. The van der Waals surface area contributed by atoms with Gasteiger partial charge in [0.2, 0.25) is 0 Å². The van der Waals surface area contributed by atoms with Crippen molar-refractivity contribution in [3.63, 3.8) is 0 Å². The Labute approximate surface area is 191 Å². The lowest BCUT2D eigenvalue weighted by Gasteiger charge is -2.45. The Morgan fingerprint density at radius 3 is 2.52 bits per heavy atom. The second-order valence-electron chi connectivity index (χ2n) is 8.47. The van der Waals surface area contributed by atoms with Crippen molar-refractivity contribution in [3.8, 4) is 11.5 Å². The molecule has 1 fully saturated rings. The molecule has 33 heavy (non-hydrogen) atoms. The van der Waals surface area contributed by atoms with Gasteiger partial charge in [0, 0.05) is 32.1 Å². The molecular formula is C23H30F3N3O4. The number of aromatic nitrogens is 3. The van der Waals surface area contributed by atoms with Gasteiger partial charge in [-0.1, -0.05) is 6.92 Å². The second-order valence-corrected chi connectivity index (χ2v) is 8.47. The minimum Gasteiger partial charge on any atom is -0.504 e. The molecule has 1 aromatic carbocycles. The Kier molecular flexibility index (Phi) is 8.23. The van der Waals surface area contributed by atoms with Gasteiger partial charge in [-0.25, -0.2) is 4.98 Å². The van der Waals surface area contributed by atoms with E-state index in [4.69, 9.17) is 14.2 Å². The molecule has 1 heterocycles. The number of hydrogen-bond donors (Lipinski definition) is 0. The van der Waals surface area contributed by atoms with E-state index in [-0.39, 0.29) is 23.0 Å². The van der Waals surface area contributed by atoms with Crippen LogP contribution in [0.1, 0.15) is 26.2 Å². The molecule has 0 aliphatic heterocycles. The summed E-state index contributed by atoms with van der Waals surface area (Å²) in [5.74, 6) is 0.428. The van der Waals surface area contributed by atoms with Crippen molar-refractivity contribution >= 4 is 0 Å². The first kappa shape index (κ1) is 24.9. The maximum absolute atomic E-state index is 12.4. The maximum Gasteiger partial charge on any atom is 0.573 e. The smallest absolute Gasteiger partial charge is 0.504 e. The summed E-state index contributed by atoms with van der Waals surface area (Å²) in [5, 5.41) is 4.27. The van der Waals surface area contributed by atoms with Crippen LogP contribution < -0.4 is 9.47 Å². The summed E-state index contributed by atoms with van der Waals surface area (Å²) in [6.45, 7) is 3.88. The fourth-order valence-electron chi connectivity index (χ4n) is 4.42. The Bertz CT molecular complexity index is 887. The van der Waals surface area contributed by atoms with Crippen molar-refractivity contribution in [1.82, 2.24) is 14.8 Å². The normalized spacial score (nSPS) is 24.6. The number of benzene rings is 1. The molecule has 0 amide bonds. The van der Waals surface area contributed by atoms with Gasteiger partial charge in [-0.15, -0.1) is 13.2 Å². The zero-order valence-electron chi connectivity index (χ0n) is 19.0. The highest BCUT2D eigenvalue weighted by Gasteiger charge is 2.43. The number of rotatable bonds is 10. The maximum atomic E-state index is 12.4. The molecule has 7 nitrogen and oxygen atoms in total. The second kappa shape index (κ2) is 10.9. The third-order valence-corrected chi connectivity index (χ3v) is 6.21. The van der Waals surface area contributed by atoms with Crippen molar-refractivity contribution in [1.29, 1.82) is 0 Å². The van der Waals surface area contributed by atoms with Crippen molar-refractivity contribution < 1.29 is 32.1 Å². The van der Waals surface area contributed by atoms with E-state index in [1.807, 2.05) is 6.26 Å². The molecule has 1 aromatic heterocycles. The van der Waals surface area contributed by atoms with Gasteiger partial charge >= 0.3 is 6.36 Å². The number of hydrogen-bond acceptors (Lipinski definition) is 6. The van der Waals surface area contributed by atoms with Crippen molar-refractivity contribution in [2.24, 2.45) is 17.3 Å². The van der Waals surface area contributed by atoms with E-state index in [0.29, 0.717) is 25.5 Å². The van der Waals surface area contributed by atoms with Crippen LogP contribution in [-0.4, -0.2) is 48.6 Å². The predicted molar refractivity (Wildman–Crippen MR) is 115 cm³/mol. The topological polar surface area (TPSA) is 67.6 Å². The SMILES string of the molecule is CO/C=C1\[C@@H](Cn2cncn2)[C@H](COc2ccc(OC(F)(F)F)cc2)CC[C@@]1(C)CCOC. The van der Waals surface area contributed by atoms with E-state index in [1.165, 1.54) is 36.2 Å². The van der Waals surface area contributed by atoms with Crippen LogP contribution in [-0.2, 0) is 16.0 Å². The van der Waals surface area contributed by atoms with E-state index >= 15 is 0 Å². The standard InChI is InChI=1S/C23H30F3N3O4/c1-22(10-11-30-2)9-8-17(20(21(22)14-31-3)12-29-16-27-15-28-29)13-32-18-4-6-19(7-5-18)33-23(24,25)26/h4-7,14-17,20H,8-13H2,1-3H3/b21-14+/t17-,20-,22-/m0/s1. The number of ether oxygens (including phenoxy) is 4. The number of halogens is 3. The molecular weight excluding hydrogens is 439 g/mol. The number of allylic oxidation sites excluding steroid dienone is 1. The number of alkyl halides is 3. The molecule has 1 aliphatic carbocycles. The zero-order chi connectivity index (χ0) is 23.9. The van der Waals surface area contributed by atoms with Crippen LogP contribution in [0.25, 0.3) is 0 Å². The first-order valence-corrected chi connectivity index (χ1v) is 10.8. The monoisotopic (exact) mass is 469 g/mol. The van der Waals surface area contributed by atoms with E-state index < -0.39 is 6.36 Å². The van der Waals surface area contributed by atoms with Crippen LogP contribution in [0.3, 0.4) is 0 Å². The summed E-state index contributed by atoms with van der Waals surface area (Å²) in [7, 11) is 3.33. The first-order valence-electron chi connectivity index (χ1n) is 10.8. The van der Waals surface area contributed by atoms with Gasteiger partial charge in [0.15, 0.2) is 0 Å². The highest BCUT2D eigenvalue weighted by atomic mass is 19.4. The first-order chi connectivity index (χ1) is 15.7. The lowest BCUT2D eigenvalue weighted by molar-refractivity contribution is -0.274. The molecule has 0 radical (unpaired) electrons. The van der Waals surface area contributed by atoms with Gasteiger partial charge in [-0.3, -0.25) is 4.68 Å². The molecule has 0 saturated heterocycles. The summed E-state index contributed by atoms with van der Waals surface area (Å²) in [4.78, 5) is 4.05. The molecule has 3 rings (SSSR count). The third-order valence-electron chi connectivity index (χ3n) is 6.21. The van der Waals surface area contributed by atoms with E-state index in [2.05, 4.69) is 21.7 Å². The van der Waals surface area contributed by atoms with Crippen molar-refractivity contribution in [3.05, 3.63) is 48.8 Å². The van der Waals surface area contributed by atoms with E-state index in [9.17, 15) is 13.2 Å². The highest BCUT2D eigenvalue weighted by molar-refractivity contribution is 5.31. The average molecular weight is 470 g/mol. The zero-order valence-corrected chi connectivity index (χ0v) is 19.0. The van der Waals surface area contributed by atoms with Crippen molar-refractivity contribution in [2.45, 2.75) is 39.1 Å². The average Bonchev–Trinajstić information content (AvgIpc) is 3.28. The largest absolute Gasteiger partial charge is 0.573 e. The van der Waals surface area contributed by atoms with Crippen LogP contribution in [0.5, 0.6) is 11.5 Å². The molecule has 1 saturated carbocycles. The molecule has 0 bridgehead atoms. The van der Waals surface area contributed by atoms with Gasteiger partial charge in [-0.2, -0.15) is 5.10 Å². The van der Waals surface area contributed by atoms with Crippen LogP contribution in [0.4, 0.5) is 13.2 Å². The molecule has 10 heteroatoms. The number of nitrogens with zero attached hydrogens (tertiary/aromatic N) is 3. The van der Waals surface area contributed by atoms with Gasteiger partial charge in [0.05, 0.1) is 20.0 Å². The van der Waals surface area contributed by atoms with Gasteiger partial charge in [-0.05, 0) is 54.5 Å². The Morgan fingerprint density at radius 1 is 1.18 bits per heavy atom. The summed E-state index contributed by atoms with van der Waals surface area (Å²) in [6.07, 6.45) is 3.00. The molecule has 1 aliphatic rings. The fourth-order valence-corrected chi connectivity index (χ4v) is 4.42. The van der Waals surface area contributed by atoms with Crippen LogP contribution in [0.2, 0.25) is 0 Å². The minimum atomic E-state index is -4.72. The van der Waals surface area contributed by atoms with Crippen LogP contribution in [0.15, 0.2) is 48.8 Å². The molecule has 0 N–H and O–H groups in total. The lowest BCUT2D eigenvalue weighted by atomic mass is 9.61. The van der Waals surface area contributed by atoms with E-state index in [0.717, 1.165) is 19.3 Å². The molecule has 3 atom stereocenters. The van der Waals surface area contributed by atoms with Crippen LogP contribution >= 0.6 is 0 Å².